The number of hydrogen-bond acceptors (Lipinski definition) is 7. The second-order valence-electron chi connectivity index (χ2n) is 5.54. The zero-order valence-electron chi connectivity index (χ0n) is 13.7. The van der Waals surface area contributed by atoms with Crippen molar-refractivity contribution in [2.24, 2.45) is 0 Å². The Morgan fingerprint density at radius 3 is 2.79 bits per heavy atom. The van der Waals surface area contributed by atoms with E-state index < -0.39 is 4.92 Å². The number of nitrogens with zero attached hydrogens (tertiary/aromatic N) is 3. The lowest BCUT2D eigenvalue weighted by Crippen LogP contribution is -2.28. The van der Waals surface area contributed by atoms with Crippen LogP contribution in [0.1, 0.15) is 6.42 Å². The predicted octanol–water partition coefficient (Wildman–Crippen LogP) is 1.96. The molecule has 0 bridgehead atoms. The van der Waals surface area contributed by atoms with Crippen molar-refractivity contribution in [3.8, 4) is 11.5 Å². The molecule has 0 saturated carbocycles. The minimum absolute atomic E-state index is 0.0940. The molecule has 1 aliphatic rings. The largest absolute Gasteiger partial charge is 0.493 e. The van der Waals surface area contributed by atoms with E-state index >= 15 is 0 Å². The van der Waals surface area contributed by atoms with Crippen LogP contribution in [0.25, 0.3) is 10.8 Å². The first kappa shape index (κ1) is 16.3. The van der Waals surface area contributed by atoms with Gasteiger partial charge in [-0.15, -0.1) is 0 Å². The molecule has 1 saturated heterocycles. The highest BCUT2D eigenvalue weighted by Crippen LogP contribution is 2.44. The normalized spacial score (nSPS) is 15.2. The summed E-state index contributed by atoms with van der Waals surface area (Å²) in [6, 6.07) is 3.41. The topological polar surface area (TPSA) is 89.8 Å². The lowest BCUT2D eigenvalue weighted by atomic mass is 10.1. The van der Waals surface area contributed by atoms with Crippen molar-refractivity contribution in [3.05, 3.63) is 28.4 Å². The van der Waals surface area contributed by atoms with Crippen LogP contribution in [0.15, 0.2) is 18.3 Å². The van der Waals surface area contributed by atoms with E-state index in [1.165, 1.54) is 14.2 Å². The Morgan fingerprint density at radius 2 is 2.08 bits per heavy atom. The van der Waals surface area contributed by atoms with Gasteiger partial charge in [-0.25, -0.2) is 4.98 Å². The van der Waals surface area contributed by atoms with E-state index in [1.807, 2.05) is 0 Å². The summed E-state index contributed by atoms with van der Waals surface area (Å²) in [6.45, 7) is 3.46. The lowest BCUT2D eigenvalue weighted by Gasteiger charge is -2.23. The van der Waals surface area contributed by atoms with Gasteiger partial charge >= 0.3 is 5.69 Å². The zero-order chi connectivity index (χ0) is 17.1. The molecular weight excluding hydrogens is 312 g/mol. The summed E-state index contributed by atoms with van der Waals surface area (Å²) in [5, 5.41) is 16.2. The summed E-state index contributed by atoms with van der Waals surface area (Å²) in [7, 11) is 2.87. The maximum atomic E-state index is 11.6. The fraction of sp³-hybridized carbons (Fsp3) is 0.438. The van der Waals surface area contributed by atoms with Crippen molar-refractivity contribution in [2.75, 3.05) is 45.3 Å². The Balaban J connectivity index is 2.25. The molecule has 1 N–H and O–H groups in total. The molecule has 3 rings (SSSR count). The SMILES string of the molecule is COc1cc2c(N3CCCNCC3)nccc2c([N+](=O)[O-])c1OC. The Hall–Kier alpha value is -2.61. The van der Waals surface area contributed by atoms with Crippen LogP contribution >= 0.6 is 0 Å². The maximum absolute atomic E-state index is 11.6. The monoisotopic (exact) mass is 332 g/mol. The van der Waals surface area contributed by atoms with Crippen molar-refractivity contribution in [2.45, 2.75) is 6.42 Å². The van der Waals surface area contributed by atoms with Crippen molar-refractivity contribution in [1.82, 2.24) is 10.3 Å². The third-order valence-electron chi connectivity index (χ3n) is 4.18. The van der Waals surface area contributed by atoms with Gasteiger partial charge in [0.2, 0.25) is 5.75 Å². The highest BCUT2D eigenvalue weighted by Gasteiger charge is 2.27. The van der Waals surface area contributed by atoms with Gasteiger partial charge in [0.1, 0.15) is 5.82 Å². The molecule has 1 aromatic heterocycles. The van der Waals surface area contributed by atoms with Crippen LogP contribution in [0.3, 0.4) is 0 Å². The Morgan fingerprint density at radius 1 is 1.25 bits per heavy atom. The molecule has 24 heavy (non-hydrogen) atoms. The predicted molar refractivity (Wildman–Crippen MR) is 91.2 cm³/mol. The number of pyridine rings is 1. The number of nitro groups is 1. The second kappa shape index (κ2) is 6.88. The Kier molecular flexibility index (Phi) is 4.66. The molecule has 8 heteroatoms. The number of rotatable bonds is 4. The van der Waals surface area contributed by atoms with Crippen molar-refractivity contribution >= 4 is 22.3 Å². The highest BCUT2D eigenvalue weighted by molar-refractivity contribution is 6.01. The minimum atomic E-state index is -0.433. The molecule has 0 unspecified atom stereocenters. The third kappa shape index (κ3) is 2.80. The average molecular weight is 332 g/mol. The molecule has 2 aromatic rings. The van der Waals surface area contributed by atoms with Crippen LogP contribution in [0.5, 0.6) is 11.5 Å². The number of aromatic nitrogens is 1. The quantitative estimate of drug-likeness (QED) is 0.676. The third-order valence-corrected chi connectivity index (χ3v) is 4.18. The number of methoxy groups -OCH3 is 2. The molecule has 0 radical (unpaired) electrons. The summed E-state index contributed by atoms with van der Waals surface area (Å²) >= 11 is 0. The molecular formula is C16H20N4O4. The molecule has 128 valence electrons. The summed E-state index contributed by atoms with van der Waals surface area (Å²) in [6.07, 6.45) is 2.60. The molecule has 1 aliphatic heterocycles. The van der Waals surface area contributed by atoms with Gasteiger partial charge in [0.25, 0.3) is 0 Å². The van der Waals surface area contributed by atoms with Crippen molar-refractivity contribution in [3.63, 3.8) is 0 Å². The fourth-order valence-corrected chi connectivity index (χ4v) is 3.09. The molecule has 0 aliphatic carbocycles. The first-order valence-electron chi connectivity index (χ1n) is 7.81. The van der Waals surface area contributed by atoms with Crippen LogP contribution in [0, 0.1) is 10.1 Å². The van der Waals surface area contributed by atoms with Gasteiger partial charge in [-0.05, 0) is 25.1 Å². The van der Waals surface area contributed by atoms with E-state index in [0.717, 1.165) is 38.4 Å². The van der Waals surface area contributed by atoms with Gasteiger partial charge in [0, 0.05) is 31.2 Å². The molecule has 0 spiro atoms. The van der Waals surface area contributed by atoms with E-state index in [0.29, 0.717) is 16.5 Å². The zero-order valence-corrected chi connectivity index (χ0v) is 13.7. The molecule has 2 heterocycles. The van der Waals surface area contributed by atoms with Crippen molar-refractivity contribution in [1.29, 1.82) is 0 Å². The molecule has 1 fully saturated rings. The number of nitrogens with one attached hydrogen (secondary N) is 1. The van der Waals surface area contributed by atoms with Crippen molar-refractivity contribution < 1.29 is 14.4 Å². The summed E-state index contributed by atoms with van der Waals surface area (Å²) in [5.41, 5.74) is -0.0940. The van der Waals surface area contributed by atoms with Gasteiger partial charge in [-0.2, -0.15) is 0 Å². The van der Waals surface area contributed by atoms with Gasteiger partial charge in [0.15, 0.2) is 5.75 Å². The first-order chi connectivity index (χ1) is 11.7. The van der Waals surface area contributed by atoms with Crippen LogP contribution in [-0.4, -0.2) is 50.3 Å². The highest BCUT2D eigenvalue weighted by atomic mass is 16.6. The number of nitro benzene ring substituents is 1. The van der Waals surface area contributed by atoms with E-state index in [2.05, 4.69) is 15.2 Å². The Labute approximate surface area is 139 Å². The molecule has 0 atom stereocenters. The van der Waals surface area contributed by atoms with Gasteiger partial charge in [-0.1, -0.05) is 0 Å². The molecule has 8 nitrogen and oxygen atoms in total. The van der Waals surface area contributed by atoms with Crippen LogP contribution in [0.2, 0.25) is 0 Å². The average Bonchev–Trinajstić information content (AvgIpc) is 2.88. The molecule has 0 amide bonds. The van der Waals surface area contributed by atoms with Gasteiger partial charge in [0.05, 0.1) is 24.5 Å². The minimum Gasteiger partial charge on any atom is -0.493 e. The molecule has 1 aromatic carbocycles. The Bertz CT molecular complexity index is 757. The number of anilines is 1. The summed E-state index contributed by atoms with van der Waals surface area (Å²) in [4.78, 5) is 17.8. The summed E-state index contributed by atoms with van der Waals surface area (Å²) in [5.74, 6) is 1.20. The number of hydrogen-bond donors (Lipinski definition) is 1. The first-order valence-corrected chi connectivity index (χ1v) is 7.81. The van der Waals surface area contributed by atoms with E-state index in [-0.39, 0.29) is 11.4 Å². The van der Waals surface area contributed by atoms with E-state index in [1.54, 1.807) is 18.3 Å². The second-order valence-corrected chi connectivity index (χ2v) is 5.54. The van der Waals surface area contributed by atoms with E-state index in [9.17, 15) is 10.1 Å². The van der Waals surface area contributed by atoms with Crippen LogP contribution < -0.4 is 19.7 Å². The fourth-order valence-electron chi connectivity index (χ4n) is 3.09. The van der Waals surface area contributed by atoms with E-state index in [4.69, 9.17) is 9.47 Å². The lowest BCUT2D eigenvalue weighted by molar-refractivity contribution is -0.384. The maximum Gasteiger partial charge on any atom is 0.322 e. The number of ether oxygens (including phenoxy) is 2. The summed E-state index contributed by atoms with van der Waals surface area (Å²) < 4.78 is 10.5. The van der Waals surface area contributed by atoms with Gasteiger partial charge in [-0.3, -0.25) is 10.1 Å². The van der Waals surface area contributed by atoms with Gasteiger partial charge < -0.3 is 19.7 Å². The smallest absolute Gasteiger partial charge is 0.322 e. The number of fused-ring (bicyclic) bond motifs is 1. The van der Waals surface area contributed by atoms with Crippen LogP contribution in [-0.2, 0) is 0 Å². The standard InChI is InChI=1S/C16H20N4O4/c1-23-13-10-12-11(14(20(21)22)15(13)24-2)4-6-18-16(12)19-8-3-5-17-7-9-19/h4,6,10,17H,3,5,7-9H2,1-2H3. The van der Waals surface area contributed by atoms with Crippen LogP contribution in [0.4, 0.5) is 11.5 Å². The number of benzene rings is 1.